The van der Waals surface area contributed by atoms with Crippen molar-refractivity contribution in [2.45, 2.75) is 256 Å². The predicted octanol–water partition coefficient (Wildman–Crippen LogP) is 10.8. The van der Waals surface area contributed by atoms with Gasteiger partial charge in [0, 0.05) is 12.8 Å². The highest BCUT2D eigenvalue weighted by molar-refractivity contribution is 7.85. The number of aliphatic hydroxyl groups is 3. The van der Waals surface area contributed by atoms with E-state index in [0.717, 1.165) is 51.4 Å². The molecule has 0 spiro atoms. The molecule has 0 bridgehead atoms. The Morgan fingerprint density at radius 1 is 0.548 bits per heavy atom. The van der Waals surface area contributed by atoms with Gasteiger partial charge in [-0.25, -0.2) is 0 Å². The zero-order valence-corrected chi connectivity index (χ0v) is 39.8. The van der Waals surface area contributed by atoms with Gasteiger partial charge in [-0.05, 0) is 44.9 Å². The summed E-state index contributed by atoms with van der Waals surface area (Å²) >= 11 is 0. The molecule has 0 amide bonds. The molecule has 0 aromatic rings. The van der Waals surface area contributed by atoms with Gasteiger partial charge in [-0.2, -0.15) is 8.42 Å². The van der Waals surface area contributed by atoms with Crippen LogP contribution in [-0.4, -0.2) is 96.0 Å². The molecule has 6 unspecified atom stereocenters. The Labute approximate surface area is 377 Å². The largest absolute Gasteiger partial charge is 0.462 e. The number of hydrogen-bond donors (Lipinski definition) is 4. The number of ether oxygens (including phenoxy) is 4. The summed E-state index contributed by atoms with van der Waals surface area (Å²) in [5, 5.41) is 30.9. The summed E-state index contributed by atoms with van der Waals surface area (Å²) < 4.78 is 54.2. The number of allylic oxidation sites excluding steroid dienone is 4. The minimum Gasteiger partial charge on any atom is -0.462 e. The van der Waals surface area contributed by atoms with E-state index in [4.69, 9.17) is 18.9 Å². The monoisotopic (exact) mass is 903 g/mol. The number of carbonyl (C=O) groups is 2. The summed E-state index contributed by atoms with van der Waals surface area (Å²) in [4.78, 5) is 25.5. The lowest BCUT2D eigenvalue weighted by Gasteiger charge is -2.40. The third-order valence-electron chi connectivity index (χ3n) is 11.5. The summed E-state index contributed by atoms with van der Waals surface area (Å²) in [7, 11) is -4.60. The second kappa shape index (κ2) is 39.5. The first-order valence-corrected chi connectivity index (χ1v) is 26.5. The van der Waals surface area contributed by atoms with Gasteiger partial charge >= 0.3 is 11.9 Å². The van der Waals surface area contributed by atoms with Crippen molar-refractivity contribution in [2.75, 3.05) is 19.0 Å². The fourth-order valence-electron chi connectivity index (χ4n) is 7.65. The minimum absolute atomic E-state index is 0.162. The molecule has 1 aliphatic rings. The van der Waals surface area contributed by atoms with Crippen LogP contribution < -0.4 is 0 Å². The molecular weight excluding hydrogens is 813 g/mol. The number of aliphatic hydroxyl groups excluding tert-OH is 3. The number of rotatable bonds is 42. The van der Waals surface area contributed by atoms with Gasteiger partial charge in [0.1, 0.15) is 36.8 Å². The first-order valence-electron chi connectivity index (χ1n) is 24.9. The highest BCUT2D eigenvalue weighted by atomic mass is 32.2. The zero-order valence-electron chi connectivity index (χ0n) is 39.0. The lowest BCUT2D eigenvalue weighted by Crippen LogP contribution is -2.60. The molecule has 12 nitrogen and oxygen atoms in total. The normalized spacial score (nSPS) is 20.0. The van der Waals surface area contributed by atoms with Crippen LogP contribution in [0.4, 0.5) is 0 Å². The van der Waals surface area contributed by atoms with Crippen molar-refractivity contribution in [3.8, 4) is 0 Å². The van der Waals surface area contributed by atoms with Crippen molar-refractivity contribution in [1.29, 1.82) is 0 Å². The maximum absolute atomic E-state index is 12.9. The number of esters is 2. The van der Waals surface area contributed by atoms with Crippen LogP contribution >= 0.6 is 0 Å². The van der Waals surface area contributed by atoms with E-state index in [0.29, 0.717) is 12.8 Å². The molecule has 0 aliphatic carbocycles. The summed E-state index contributed by atoms with van der Waals surface area (Å²) in [6, 6.07) is 0. The highest BCUT2D eigenvalue weighted by Crippen LogP contribution is 2.24. The molecule has 4 N–H and O–H groups in total. The molecule has 1 rings (SSSR count). The van der Waals surface area contributed by atoms with Crippen LogP contribution in [0.15, 0.2) is 24.3 Å². The van der Waals surface area contributed by atoms with Crippen molar-refractivity contribution in [3.05, 3.63) is 24.3 Å². The predicted molar refractivity (Wildman–Crippen MR) is 247 cm³/mol. The van der Waals surface area contributed by atoms with Crippen LogP contribution in [0.25, 0.3) is 0 Å². The van der Waals surface area contributed by atoms with E-state index in [-0.39, 0.29) is 19.4 Å². The number of carbonyl (C=O) groups excluding carboxylic acids is 2. The van der Waals surface area contributed by atoms with Crippen molar-refractivity contribution < 1.29 is 56.8 Å². The Kier molecular flexibility index (Phi) is 37.0. The van der Waals surface area contributed by atoms with Gasteiger partial charge in [0.2, 0.25) is 0 Å². The lowest BCUT2D eigenvalue weighted by atomic mass is 10.00. The van der Waals surface area contributed by atoms with Crippen LogP contribution in [0, 0.1) is 0 Å². The molecule has 1 fully saturated rings. The molecule has 0 radical (unpaired) electrons. The van der Waals surface area contributed by atoms with Crippen molar-refractivity contribution in [1.82, 2.24) is 0 Å². The van der Waals surface area contributed by atoms with Crippen molar-refractivity contribution in [3.63, 3.8) is 0 Å². The van der Waals surface area contributed by atoms with Crippen LogP contribution in [0.2, 0.25) is 0 Å². The van der Waals surface area contributed by atoms with Gasteiger partial charge in [0.15, 0.2) is 12.4 Å². The van der Waals surface area contributed by atoms with Gasteiger partial charge in [-0.1, -0.05) is 186 Å². The average Bonchev–Trinajstić information content (AvgIpc) is 3.24. The Hall–Kier alpha value is -1.87. The van der Waals surface area contributed by atoms with Gasteiger partial charge in [-0.15, -0.1) is 0 Å². The second-order valence-electron chi connectivity index (χ2n) is 17.5. The highest BCUT2D eigenvalue weighted by Gasteiger charge is 2.46. The molecular formula is C49H90O12S. The molecule has 62 heavy (non-hydrogen) atoms. The third kappa shape index (κ3) is 33.6. The van der Waals surface area contributed by atoms with Crippen LogP contribution in [-0.2, 0) is 38.7 Å². The summed E-state index contributed by atoms with van der Waals surface area (Å²) in [5.74, 6) is -1.98. The molecule has 0 aromatic carbocycles. The van der Waals surface area contributed by atoms with E-state index >= 15 is 0 Å². The fraction of sp³-hybridized carbons (Fsp3) is 0.878. The fourth-order valence-corrected chi connectivity index (χ4v) is 8.34. The first-order chi connectivity index (χ1) is 30.0. The smallest absolute Gasteiger partial charge is 0.306 e. The van der Waals surface area contributed by atoms with Gasteiger partial charge in [0.25, 0.3) is 10.1 Å². The second-order valence-corrected chi connectivity index (χ2v) is 19.0. The minimum atomic E-state index is -4.60. The van der Waals surface area contributed by atoms with E-state index < -0.39 is 71.2 Å². The molecule has 13 heteroatoms. The maximum Gasteiger partial charge on any atom is 0.306 e. The van der Waals surface area contributed by atoms with Crippen molar-refractivity contribution in [2.24, 2.45) is 0 Å². The number of unbranched alkanes of at least 4 members (excludes halogenated alkanes) is 26. The Bertz CT molecular complexity index is 1240. The zero-order chi connectivity index (χ0) is 45.5. The van der Waals surface area contributed by atoms with Gasteiger partial charge in [-0.3, -0.25) is 14.1 Å². The SMILES string of the molecule is CCCCC/C=C\C/C=C\CCCCCCCCCCCC(=O)OC(COC(=O)CCCCCCCCCCCCCCCCC)COC1OC(CS(=O)(=O)O)C(O)C(O)C1O. The van der Waals surface area contributed by atoms with E-state index in [9.17, 15) is 37.9 Å². The van der Waals surface area contributed by atoms with Crippen LogP contribution in [0.5, 0.6) is 0 Å². The summed E-state index contributed by atoms with van der Waals surface area (Å²) in [5.41, 5.74) is 0. The molecule has 1 aliphatic heterocycles. The molecule has 0 saturated carbocycles. The van der Waals surface area contributed by atoms with Crippen LogP contribution in [0.1, 0.15) is 219 Å². The average molecular weight is 903 g/mol. The summed E-state index contributed by atoms with van der Waals surface area (Å²) in [6.45, 7) is 3.76. The molecule has 6 atom stereocenters. The first kappa shape index (κ1) is 58.1. The van der Waals surface area contributed by atoms with Crippen LogP contribution in [0.3, 0.4) is 0 Å². The molecule has 1 heterocycles. The van der Waals surface area contributed by atoms with E-state index in [2.05, 4.69) is 38.2 Å². The van der Waals surface area contributed by atoms with E-state index in [1.807, 2.05) is 0 Å². The van der Waals surface area contributed by atoms with Gasteiger partial charge < -0.3 is 34.3 Å². The Morgan fingerprint density at radius 2 is 0.968 bits per heavy atom. The van der Waals surface area contributed by atoms with E-state index in [1.165, 1.54) is 128 Å². The third-order valence-corrected chi connectivity index (χ3v) is 12.3. The number of hydrogen-bond acceptors (Lipinski definition) is 11. The maximum atomic E-state index is 12.9. The van der Waals surface area contributed by atoms with Crippen molar-refractivity contribution >= 4 is 22.1 Å². The topological polar surface area (TPSA) is 186 Å². The molecule has 364 valence electrons. The lowest BCUT2D eigenvalue weighted by molar-refractivity contribution is -0.297. The Morgan fingerprint density at radius 3 is 1.45 bits per heavy atom. The quantitative estimate of drug-likeness (QED) is 0.0197. The van der Waals surface area contributed by atoms with E-state index in [1.54, 1.807) is 0 Å². The standard InChI is InChI=1S/C49H90O12S/c1-3-5-7-9-11-13-15-17-19-20-21-22-24-26-28-30-32-34-36-38-45(51)60-42(40-59-49-48(54)47(53)46(52)43(61-49)41-62(55,56)57)39-58-44(50)37-35-33-31-29-27-25-23-18-16-14-12-10-8-6-4-2/h11,13,17,19,42-43,46-49,52-54H,3-10,12,14-16,18,20-41H2,1-2H3,(H,55,56,57)/b13-11-,19-17-. The summed E-state index contributed by atoms with van der Waals surface area (Å²) in [6.07, 6.45) is 35.0. The van der Waals surface area contributed by atoms with Gasteiger partial charge in [0.05, 0.1) is 6.61 Å². The molecule has 1 saturated heterocycles. The Balaban J connectivity index is 2.39. The molecule has 0 aromatic heterocycles.